The first kappa shape index (κ1) is 17.1. The molecule has 1 N–H and O–H groups in total. The van der Waals surface area contributed by atoms with E-state index in [2.05, 4.69) is 34.5 Å². The second-order valence-electron chi connectivity index (χ2n) is 8.57. The van der Waals surface area contributed by atoms with Crippen molar-refractivity contribution < 1.29 is 4.79 Å². The van der Waals surface area contributed by atoms with Gasteiger partial charge in [-0.2, -0.15) is 0 Å². The Morgan fingerprint density at radius 1 is 1.00 bits per heavy atom. The lowest BCUT2D eigenvalue weighted by Crippen LogP contribution is -2.29. The number of carbonyl (C=O) groups excluding carboxylic acids is 1. The molecule has 2 bridgehead atoms. The largest absolute Gasteiger partial charge is 0.352 e. The first-order valence-electron chi connectivity index (χ1n) is 10.3. The summed E-state index contributed by atoms with van der Waals surface area (Å²) >= 11 is 0. The molecule has 0 unspecified atom stereocenters. The molecule has 0 radical (unpaired) electrons. The smallest absolute Gasteiger partial charge is 0.220 e. The Bertz CT molecular complexity index is 576. The van der Waals surface area contributed by atoms with Crippen LogP contribution in [0.1, 0.15) is 62.5 Å². The van der Waals surface area contributed by atoms with Gasteiger partial charge in [0.25, 0.3) is 0 Å². The van der Waals surface area contributed by atoms with Crippen LogP contribution in [-0.2, 0) is 17.9 Å². The van der Waals surface area contributed by atoms with Gasteiger partial charge < -0.3 is 5.32 Å². The molecule has 1 amide bonds. The molecule has 1 aliphatic heterocycles. The first-order valence-corrected chi connectivity index (χ1v) is 10.3. The van der Waals surface area contributed by atoms with Crippen LogP contribution in [0.3, 0.4) is 0 Å². The Morgan fingerprint density at radius 2 is 1.76 bits per heavy atom. The highest BCUT2D eigenvalue weighted by molar-refractivity contribution is 5.76. The summed E-state index contributed by atoms with van der Waals surface area (Å²) in [6, 6.07) is 8.81. The summed E-state index contributed by atoms with van der Waals surface area (Å²) in [5.74, 6) is 2.67. The molecule has 1 aromatic rings. The van der Waals surface area contributed by atoms with Gasteiger partial charge in [0.2, 0.25) is 5.91 Å². The molecule has 3 aliphatic rings. The third-order valence-corrected chi connectivity index (χ3v) is 6.70. The van der Waals surface area contributed by atoms with Gasteiger partial charge in [0.1, 0.15) is 0 Å². The third-order valence-electron chi connectivity index (χ3n) is 6.70. The fraction of sp³-hybridized carbons (Fsp3) is 0.682. The highest BCUT2D eigenvalue weighted by Gasteiger charge is 2.39. The first-order chi connectivity index (χ1) is 12.3. The van der Waals surface area contributed by atoms with Crippen LogP contribution in [0.4, 0.5) is 0 Å². The Hall–Kier alpha value is -1.35. The van der Waals surface area contributed by atoms with Gasteiger partial charge in [-0.05, 0) is 74.1 Å². The van der Waals surface area contributed by atoms with E-state index in [4.69, 9.17) is 0 Å². The summed E-state index contributed by atoms with van der Waals surface area (Å²) in [5.41, 5.74) is 2.60. The van der Waals surface area contributed by atoms with E-state index >= 15 is 0 Å². The minimum Gasteiger partial charge on any atom is -0.352 e. The fourth-order valence-corrected chi connectivity index (χ4v) is 5.28. The molecule has 1 heterocycles. The maximum Gasteiger partial charge on any atom is 0.220 e. The normalized spacial score (nSPS) is 29.0. The second-order valence-corrected chi connectivity index (χ2v) is 8.57. The minimum atomic E-state index is 0.245. The zero-order chi connectivity index (χ0) is 17.1. The number of nitrogens with zero attached hydrogens (tertiary/aromatic N) is 1. The van der Waals surface area contributed by atoms with E-state index in [0.717, 1.165) is 24.8 Å². The van der Waals surface area contributed by atoms with E-state index in [-0.39, 0.29) is 5.91 Å². The lowest BCUT2D eigenvalue weighted by molar-refractivity contribution is -0.122. The molecule has 2 aliphatic carbocycles. The lowest BCUT2D eigenvalue weighted by Gasteiger charge is -2.26. The number of hydrogen-bond acceptors (Lipinski definition) is 2. The van der Waals surface area contributed by atoms with Crippen LogP contribution in [0.2, 0.25) is 0 Å². The predicted octanol–water partition coefficient (Wildman–Crippen LogP) is 4.12. The van der Waals surface area contributed by atoms with Crippen LogP contribution < -0.4 is 5.32 Å². The van der Waals surface area contributed by atoms with E-state index in [1.54, 1.807) is 0 Å². The monoisotopic (exact) mass is 340 g/mol. The molecule has 0 spiro atoms. The molecule has 0 aromatic heterocycles. The molecule has 25 heavy (non-hydrogen) atoms. The number of rotatable bonds is 6. The van der Waals surface area contributed by atoms with Crippen molar-refractivity contribution in [3.63, 3.8) is 0 Å². The number of likely N-dealkylation sites (tertiary alicyclic amines) is 1. The van der Waals surface area contributed by atoms with Gasteiger partial charge in [-0.25, -0.2) is 0 Å². The number of carbonyl (C=O) groups is 1. The second kappa shape index (κ2) is 7.90. The summed E-state index contributed by atoms with van der Waals surface area (Å²) < 4.78 is 0. The number of benzene rings is 1. The Kier molecular flexibility index (Phi) is 5.40. The molecular weight excluding hydrogens is 308 g/mol. The maximum absolute atomic E-state index is 12.3. The van der Waals surface area contributed by atoms with Crippen molar-refractivity contribution in [2.75, 3.05) is 13.1 Å². The molecule has 3 heteroatoms. The Balaban J connectivity index is 1.20. The molecule has 136 valence electrons. The van der Waals surface area contributed by atoms with E-state index in [1.807, 2.05) is 0 Å². The lowest BCUT2D eigenvalue weighted by atomic mass is 9.86. The van der Waals surface area contributed by atoms with Gasteiger partial charge in [-0.3, -0.25) is 9.69 Å². The minimum absolute atomic E-state index is 0.245. The summed E-state index contributed by atoms with van der Waals surface area (Å²) in [5, 5.41) is 3.14. The van der Waals surface area contributed by atoms with Crippen molar-refractivity contribution in [2.24, 2.45) is 17.8 Å². The summed E-state index contributed by atoms with van der Waals surface area (Å²) in [6.45, 7) is 4.21. The quantitative estimate of drug-likeness (QED) is 0.845. The van der Waals surface area contributed by atoms with Crippen LogP contribution in [0.15, 0.2) is 24.3 Å². The van der Waals surface area contributed by atoms with Gasteiger partial charge in [0.05, 0.1) is 0 Å². The summed E-state index contributed by atoms with van der Waals surface area (Å²) in [7, 11) is 0. The molecule has 3 fully saturated rings. The van der Waals surface area contributed by atoms with Crippen molar-refractivity contribution in [1.29, 1.82) is 0 Å². The van der Waals surface area contributed by atoms with Crippen molar-refractivity contribution in [2.45, 2.75) is 64.5 Å². The van der Waals surface area contributed by atoms with E-state index in [0.29, 0.717) is 12.5 Å². The van der Waals surface area contributed by atoms with Gasteiger partial charge >= 0.3 is 0 Å². The molecule has 1 saturated heterocycles. The van der Waals surface area contributed by atoms with Crippen molar-refractivity contribution in [1.82, 2.24) is 10.2 Å². The van der Waals surface area contributed by atoms with Gasteiger partial charge in [-0.1, -0.05) is 37.1 Å². The van der Waals surface area contributed by atoms with E-state index in [9.17, 15) is 4.79 Å². The predicted molar refractivity (Wildman–Crippen MR) is 101 cm³/mol. The Morgan fingerprint density at radius 3 is 2.44 bits per heavy atom. The average Bonchev–Trinajstić information content (AvgIpc) is 3.25. The van der Waals surface area contributed by atoms with Crippen molar-refractivity contribution in [3.8, 4) is 0 Å². The highest BCUT2D eigenvalue weighted by atomic mass is 16.1. The zero-order valence-electron chi connectivity index (χ0n) is 15.4. The number of amides is 1. The Labute approximate surface area is 152 Å². The number of fused-ring (bicyclic) bond motifs is 2. The molecular formula is C22H32N2O. The molecule has 3 atom stereocenters. The molecule has 3 nitrogen and oxygen atoms in total. The fourth-order valence-electron chi connectivity index (χ4n) is 5.28. The highest BCUT2D eigenvalue weighted by Crippen LogP contribution is 2.49. The van der Waals surface area contributed by atoms with Gasteiger partial charge in [-0.15, -0.1) is 0 Å². The van der Waals surface area contributed by atoms with Crippen LogP contribution in [0.25, 0.3) is 0 Å². The van der Waals surface area contributed by atoms with Crippen molar-refractivity contribution >= 4 is 5.91 Å². The number of piperidine rings is 1. The van der Waals surface area contributed by atoms with Crippen molar-refractivity contribution in [3.05, 3.63) is 35.4 Å². The van der Waals surface area contributed by atoms with E-state index < -0.39 is 0 Å². The molecule has 4 rings (SSSR count). The van der Waals surface area contributed by atoms with Crippen LogP contribution in [0.5, 0.6) is 0 Å². The summed E-state index contributed by atoms with van der Waals surface area (Å²) in [6.07, 6.45) is 10.3. The summed E-state index contributed by atoms with van der Waals surface area (Å²) in [4.78, 5) is 14.8. The van der Waals surface area contributed by atoms with Gasteiger partial charge in [0, 0.05) is 19.5 Å². The molecule has 1 aromatic carbocycles. The SMILES string of the molecule is O=C(C[C@@H]1C[C@H]2CC[C@@H]1C2)NCc1ccc(CN2CCCCC2)cc1. The number of hydrogen-bond donors (Lipinski definition) is 1. The third kappa shape index (κ3) is 4.44. The standard InChI is InChI=1S/C22H32N2O/c25-22(14-21-13-19-8-9-20(21)12-19)23-15-17-4-6-18(7-5-17)16-24-10-2-1-3-11-24/h4-7,19-21H,1-3,8-16H2,(H,23,25)/t19-,20+,21-/m0/s1. The van der Waals surface area contributed by atoms with Gasteiger partial charge in [0.15, 0.2) is 0 Å². The number of nitrogens with one attached hydrogen (secondary N) is 1. The van der Waals surface area contributed by atoms with Crippen LogP contribution in [-0.4, -0.2) is 23.9 Å². The molecule has 2 saturated carbocycles. The zero-order valence-corrected chi connectivity index (χ0v) is 15.4. The van der Waals surface area contributed by atoms with E-state index in [1.165, 1.54) is 69.2 Å². The average molecular weight is 341 g/mol. The maximum atomic E-state index is 12.3. The topological polar surface area (TPSA) is 32.3 Å². The van der Waals surface area contributed by atoms with Crippen LogP contribution >= 0.6 is 0 Å². The van der Waals surface area contributed by atoms with Crippen LogP contribution in [0, 0.1) is 17.8 Å².